The van der Waals surface area contributed by atoms with Crippen LogP contribution < -0.4 is 15.4 Å². The standard InChI is InChI=1S/C20H30N2O2S.ClH/c1-24-18-7-5-16(6-8-18)20(9-3-2-4-10-20)15-22-19(23)13-17-14-25-12-11-21-17;/h5-8,17,21H,2-4,9-15H2,1H3,(H,22,23);1H. The van der Waals surface area contributed by atoms with E-state index in [9.17, 15) is 4.79 Å². The minimum Gasteiger partial charge on any atom is -0.497 e. The lowest BCUT2D eigenvalue weighted by Crippen LogP contribution is -2.45. The Balaban J connectivity index is 0.00000243. The van der Waals surface area contributed by atoms with Crippen molar-refractivity contribution in [2.75, 3.05) is 31.7 Å². The van der Waals surface area contributed by atoms with E-state index in [0.717, 1.165) is 43.2 Å². The molecule has 146 valence electrons. The topological polar surface area (TPSA) is 50.4 Å². The van der Waals surface area contributed by atoms with Gasteiger partial charge in [-0.3, -0.25) is 4.79 Å². The van der Waals surface area contributed by atoms with Crippen molar-refractivity contribution in [3.8, 4) is 5.75 Å². The van der Waals surface area contributed by atoms with Crippen molar-refractivity contribution in [3.63, 3.8) is 0 Å². The highest BCUT2D eigenvalue weighted by Crippen LogP contribution is 2.39. The third-order valence-corrected chi connectivity index (χ3v) is 6.70. The molecule has 0 spiro atoms. The fourth-order valence-electron chi connectivity index (χ4n) is 4.06. The number of thioether (sulfide) groups is 1. The molecule has 0 radical (unpaired) electrons. The molecular formula is C20H31ClN2O2S. The van der Waals surface area contributed by atoms with Gasteiger partial charge in [0, 0.05) is 42.5 Å². The first-order valence-electron chi connectivity index (χ1n) is 9.44. The van der Waals surface area contributed by atoms with Gasteiger partial charge in [-0.05, 0) is 30.5 Å². The Morgan fingerprint density at radius 3 is 2.62 bits per heavy atom. The monoisotopic (exact) mass is 398 g/mol. The van der Waals surface area contributed by atoms with Gasteiger partial charge in [-0.2, -0.15) is 11.8 Å². The SMILES string of the molecule is COc1ccc(C2(CNC(=O)CC3CSCCN3)CCCCC2)cc1.Cl. The van der Waals surface area contributed by atoms with Crippen molar-refractivity contribution in [2.45, 2.75) is 50.0 Å². The van der Waals surface area contributed by atoms with Crippen LogP contribution in [0, 0.1) is 0 Å². The molecule has 1 unspecified atom stereocenters. The summed E-state index contributed by atoms with van der Waals surface area (Å²) in [5.74, 6) is 3.26. The highest BCUT2D eigenvalue weighted by atomic mass is 35.5. The second-order valence-corrected chi connectivity index (χ2v) is 8.43. The molecule has 2 N–H and O–H groups in total. The quantitative estimate of drug-likeness (QED) is 0.769. The lowest BCUT2D eigenvalue weighted by Gasteiger charge is -2.38. The first-order chi connectivity index (χ1) is 12.2. The van der Waals surface area contributed by atoms with Crippen LogP contribution in [0.1, 0.15) is 44.1 Å². The minimum absolute atomic E-state index is 0. The summed E-state index contributed by atoms with van der Waals surface area (Å²) in [7, 11) is 1.70. The zero-order chi connectivity index (χ0) is 17.5. The van der Waals surface area contributed by atoms with Gasteiger partial charge in [0.15, 0.2) is 0 Å². The number of carbonyl (C=O) groups is 1. The van der Waals surface area contributed by atoms with Crippen molar-refractivity contribution in [1.82, 2.24) is 10.6 Å². The van der Waals surface area contributed by atoms with Crippen LogP contribution in [0.3, 0.4) is 0 Å². The number of benzene rings is 1. The zero-order valence-electron chi connectivity index (χ0n) is 15.6. The summed E-state index contributed by atoms with van der Waals surface area (Å²) < 4.78 is 5.29. The molecule has 1 aliphatic carbocycles. The molecule has 1 amide bonds. The maximum Gasteiger partial charge on any atom is 0.221 e. The van der Waals surface area contributed by atoms with Crippen molar-refractivity contribution in [2.24, 2.45) is 0 Å². The van der Waals surface area contributed by atoms with Crippen LogP contribution in [0.5, 0.6) is 5.75 Å². The third kappa shape index (κ3) is 5.54. The molecule has 1 aromatic rings. The third-order valence-electron chi connectivity index (χ3n) is 5.57. The highest BCUT2D eigenvalue weighted by Gasteiger charge is 2.34. The largest absolute Gasteiger partial charge is 0.497 e. The summed E-state index contributed by atoms with van der Waals surface area (Å²) >= 11 is 1.94. The van der Waals surface area contributed by atoms with Crippen LogP contribution in [0.15, 0.2) is 24.3 Å². The molecular weight excluding hydrogens is 368 g/mol. The van der Waals surface area contributed by atoms with E-state index in [1.807, 2.05) is 23.9 Å². The summed E-state index contributed by atoms with van der Waals surface area (Å²) in [4.78, 5) is 12.4. The van der Waals surface area contributed by atoms with Crippen molar-refractivity contribution in [3.05, 3.63) is 29.8 Å². The van der Waals surface area contributed by atoms with Crippen LogP contribution in [0.4, 0.5) is 0 Å². The van der Waals surface area contributed by atoms with Crippen molar-refractivity contribution in [1.29, 1.82) is 0 Å². The normalized spacial score (nSPS) is 22.1. The molecule has 0 aromatic heterocycles. The summed E-state index contributed by atoms with van der Waals surface area (Å²) in [6.45, 7) is 1.76. The molecule has 1 aromatic carbocycles. The smallest absolute Gasteiger partial charge is 0.221 e. The Morgan fingerprint density at radius 1 is 1.27 bits per heavy atom. The Kier molecular flexibility index (Phi) is 8.58. The van der Waals surface area contributed by atoms with E-state index in [1.165, 1.54) is 24.8 Å². The molecule has 1 saturated carbocycles. The predicted octanol–water partition coefficient (Wildman–Crippen LogP) is 3.53. The number of amides is 1. The summed E-state index contributed by atoms with van der Waals surface area (Å²) in [6.07, 6.45) is 6.67. The van der Waals surface area contributed by atoms with Gasteiger partial charge in [0.1, 0.15) is 5.75 Å². The summed E-state index contributed by atoms with van der Waals surface area (Å²) in [5, 5.41) is 6.69. The molecule has 1 atom stereocenters. The van der Waals surface area contributed by atoms with E-state index >= 15 is 0 Å². The van der Waals surface area contributed by atoms with Crippen LogP contribution in [0.25, 0.3) is 0 Å². The van der Waals surface area contributed by atoms with Gasteiger partial charge in [0.2, 0.25) is 5.91 Å². The number of methoxy groups -OCH3 is 1. The fourth-order valence-corrected chi connectivity index (χ4v) is 5.00. The van der Waals surface area contributed by atoms with E-state index in [0.29, 0.717) is 12.5 Å². The van der Waals surface area contributed by atoms with Gasteiger partial charge < -0.3 is 15.4 Å². The van der Waals surface area contributed by atoms with Gasteiger partial charge in [-0.15, -0.1) is 12.4 Å². The van der Waals surface area contributed by atoms with Gasteiger partial charge in [-0.1, -0.05) is 31.4 Å². The van der Waals surface area contributed by atoms with E-state index in [1.54, 1.807) is 7.11 Å². The minimum atomic E-state index is 0. The number of halogens is 1. The van der Waals surface area contributed by atoms with Crippen LogP contribution in [-0.2, 0) is 10.2 Å². The number of nitrogens with one attached hydrogen (secondary N) is 2. The molecule has 26 heavy (non-hydrogen) atoms. The van der Waals surface area contributed by atoms with E-state index in [2.05, 4.69) is 22.8 Å². The fraction of sp³-hybridized carbons (Fsp3) is 0.650. The Hall–Kier alpha value is -0.910. The van der Waals surface area contributed by atoms with Crippen molar-refractivity contribution < 1.29 is 9.53 Å². The van der Waals surface area contributed by atoms with Gasteiger partial charge >= 0.3 is 0 Å². The van der Waals surface area contributed by atoms with Crippen molar-refractivity contribution >= 4 is 30.1 Å². The van der Waals surface area contributed by atoms with E-state index < -0.39 is 0 Å². The van der Waals surface area contributed by atoms with E-state index in [4.69, 9.17) is 4.74 Å². The summed E-state index contributed by atoms with van der Waals surface area (Å²) in [6, 6.07) is 8.75. The first kappa shape index (κ1) is 21.4. The molecule has 0 bridgehead atoms. The average Bonchev–Trinajstić information content (AvgIpc) is 2.68. The predicted molar refractivity (Wildman–Crippen MR) is 112 cm³/mol. The maximum absolute atomic E-state index is 12.4. The number of rotatable bonds is 6. The number of hydrogen-bond donors (Lipinski definition) is 2. The number of ether oxygens (including phenoxy) is 1. The van der Waals surface area contributed by atoms with Gasteiger partial charge in [-0.25, -0.2) is 0 Å². The first-order valence-corrected chi connectivity index (χ1v) is 10.6. The van der Waals surface area contributed by atoms with Crippen LogP contribution in [0.2, 0.25) is 0 Å². The molecule has 1 heterocycles. The highest BCUT2D eigenvalue weighted by molar-refractivity contribution is 7.99. The number of carbonyl (C=O) groups excluding carboxylic acids is 1. The van der Waals surface area contributed by atoms with Gasteiger partial charge in [0.25, 0.3) is 0 Å². The Bertz CT molecular complexity index is 555. The lowest BCUT2D eigenvalue weighted by atomic mass is 9.69. The second-order valence-electron chi connectivity index (χ2n) is 7.28. The number of hydrogen-bond acceptors (Lipinski definition) is 4. The maximum atomic E-state index is 12.4. The van der Waals surface area contributed by atoms with E-state index in [-0.39, 0.29) is 23.7 Å². The Labute approximate surface area is 167 Å². The molecule has 2 fully saturated rings. The molecule has 1 saturated heterocycles. The molecule has 6 heteroatoms. The van der Waals surface area contributed by atoms with Gasteiger partial charge in [0.05, 0.1) is 7.11 Å². The molecule has 1 aliphatic heterocycles. The summed E-state index contributed by atoms with van der Waals surface area (Å²) in [5.41, 5.74) is 1.41. The lowest BCUT2D eigenvalue weighted by molar-refractivity contribution is -0.121. The molecule has 4 nitrogen and oxygen atoms in total. The molecule has 3 rings (SSSR count). The average molecular weight is 399 g/mol. The zero-order valence-corrected chi connectivity index (χ0v) is 17.2. The van der Waals surface area contributed by atoms with Crippen LogP contribution in [-0.4, -0.2) is 43.7 Å². The Morgan fingerprint density at radius 2 is 2.00 bits per heavy atom. The molecule has 2 aliphatic rings. The van der Waals surface area contributed by atoms with Crippen LogP contribution >= 0.6 is 24.2 Å². The second kappa shape index (κ2) is 10.4.